The van der Waals surface area contributed by atoms with E-state index in [-0.39, 0.29) is 0 Å². The van der Waals surface area contributed by atoms with Gasteiger partial charge in [-0.2, -0.15) is 0 Å². The lowest BCUT2D eigenvalue weighted by molar-refractivity contribution is 0.534. The fourth-order valence-electron chi connectivity index (χ4n) is 1.70. The van der Waals surface area contributed by atoms with Crippen LogP contribution in [0, 0.1) is 6.92 Å². The van der Waals surface area contributed by atoms with Crippen LogP contribution in [-0.4, -0.2) is 14.5 Å². The third-order valence-corrected chi connectivity index (χ3v) is 2.58. The van der Waals surface area contributed by atoms with Crippen molar-refractivity contribution in [1.82, 2.24) is 14.5 Å². The molecule has 3 rings (SSSR count). The molecule has 2 heterocycles. The number of hydrogen-bond donors (Lipinski definition) is 0. The van der Waals surface area contributed by atoms with Crippen molar-refractivity contribution in [2.75, 3.05) is 0 Å². The molecule has 0 aliphatic heterocycles. The average Bonchev–Trinajstić information content (AvgIpc) is 3.00. The van der Waals surface area contributed by atoms with Gasteiger partial charge in [-0.15, -0.1) is 0 Å². The van der Waals surface area contributed by atoms with Crippen LogP contribution in [-0.2, 0) is 0 Å². The molecule has 2 aromatic heterocycles. The molecule has 0 atom stereocenters. The number of oxazole rings is 1. The van der Waals surface area contributed by atoms with E-state index in [2.05, 4.69) is 9.97 Å². The Balaban J connectivity index is 1.95. The number of rotatable bonds is 2. The Bertz CT molecular complexity index is 608. The monoisotopic (exact) mass is 225 g/mol. The van der Waals surface area contributed by atoms with Crippen LogP contribution in [0.5, 0.6) is 0 Å². The SMILES string of the molecule is Cc1ncc(-c2ccc(-n3ccnc3)cc2)o1. The fraction of sp³-hybridized carbons (Fsp3) is 0.0769. The van der Waals surface area contributed by atoms with Crippen molar-refractivity contribution < 1.29 is 4.42 Å². The molecule has 84 valence electrons. The Kier molecular flexibility index (Phi) is 2.26. The van der Waals surface area contributed by atoms with E-state index in [9.17, 15) is 0 Å². The van der Waals surface area contributed by atoms with Crippen LogP contribution in [0.3, 0.4) is 0 Å². The van der Waals surface area contributed by atoms with E-state index in [1.54, 1.807) is 18.7 Å². The van der Waals surface area contributed by atoms with Gasteiger partial charge in [0.2, 0.25) is 0 Å². The topological polar surface area (TPSA) is 43.9 Å². The molecule has 0 N–H and O–H groups in total. The van der Waals surface area contributed by atoms with E-state index < -0.39 is 0 Å². The lowest BCUT2D eigenvalue weighted by Crippen LogP contribution is -1.88. The van der Waals surface area contributed by atoms with E-state index in [0.29, 0.717) is 5.89 Å². The van der Waals surface area contributed by atoms with Crippen LogP contribution < -0.4 is 0 Å². The third kappa shape index (κ3) is 1.85. The first-order chi connectivity index (χ1) is 8.33. The van der Waals surface area contributed by atoms with Crippen molar-refractivity contribution in [2.45, 2.75) is 6.92 Å². The Labute approximate surface area is 98.6 Å². The summed E-state index contributed by atoms with van der Waals surface area (Å²) in [6.07, 6.45) is 7.18. The maximum absolute atomic E-state index is 5.47. The second-order valence-electron chi connectivity index (χ2n) is 3.76. The van der Waals surface area contributed by atoms with Gasteiger partial charge in [0, 0.05) is 30.6 Å². The quantitative estimate of drug-likeness (QED) is 0.673. The smallest absolute Gasteiger partial charge is 0.191 e. The molecule has 0 bridgehead atoms. The zero-order valence-corrected chi connectivity index (χ0v) is 9.37. The van der Waals surface area contributed by atoms with Gasteiger partial charge in [0.25, 0.3) is 0 Å². The molecule has 0 unspecified atom stereocenters. The van der Waals surface area contributed by atoms with Crippen LogP contribution in [0.2, 0.25) is 0 Å². The van der Waals surface area contributed by atoms with Crippen molar-refractivity contribution in [3.05, 3.63) is 55.1 Å². The molecular weight excluding hydrogens is 214 g/mol. The number of nitrogens with zero attached hydrogens (tertiary/aromatic N) is 3. The van der Waals surface area contributed by atoms with Gasteiger partial charge in [0.15, 0.2) is 11.7 Å². The molecule has 0 radical (unpaired) electrons. The summed E-state index contributed by atoms with van der Waals surface area (Å²) in [5, 5.41) is 0. The van der Waals surface area contributed by atoms with Gasteiger partial charge in [-0.3, -0.25) is 0 Å². The van der Waals surface area contributed by atoms with Crippen LogP contribution in [0.1, 0.15) is 5.89 Å². The standard InChI is InChI=1S/C13H11N3O/c1-10-15-8-13(17-10)11-2-4-12(5-3-11)16-7-6-14-9-16/h2-9H,1H3. The Hall–Kier alpha value is -2.36. The lowest BCUT2D eigenvalue weighted by Gasteiger charge is -2.02. The van der Waals surface area contributed by atoms with Crippen molar-refractivity contribution in [2.24, 2.45) is 0 Å². The minimum atomic E-state index is 0.679. The molecule has 0 aliphatic rings. The van der Waals surface area contributed by atoms with Gasteiger partial charge < -0.3 is 8.98 Å². The van der Waals surface area contributed by atoms with Crippen LogP contribution in [0.4, 0.5) is 0 Å². The molecule has 4 heteroatoms. The highest BCUT2D eigenvalue weighted by Gasteiger charge is 2.03. The van der Waals surface area contributed by atoms with E-state index >= 15 is 0 Å². The summed E-state index contributed by atoms with van der Waals surface area (Å²) >= 11 is 0. The number of aromatic nitrogens is 3. The number of hydrogen-bond acceptors (Lipinski definition) is 3. The molecule has 0 amide bonds. The van der Waals surface area contributed by atoms with Crippen molar-refractivity contribution >= 4 is 0 Å². The van der Waals surface area contributed by atoms with Gasteiger partial charge in [-0.1, -0.05) is 0 Å². The maximum atomic E-state index is 5.47. The molecule has 0 fully saturated rings. The molecule has 0 aliphatic carbocycles. The van der Waals surface area contributed by atoms with Crippen molar-refractivity contribution in [1.29, 1.82) is 0 Å². The minimum absolute atomic E-state index is 0.679. The van der Waals surface area contributed by atoms with Crippen LogP contribution >= 0.6 is 0 Å². The van der Waals surface area contributed by atoms with Crippen molar-refractivity contribution in [3.63, 3.8) is 0 Å². The normalized spacial score (nSPS) is 10.6. The number of aryl methyl sites for hydroxylation is 1. The third-order valence-electron chi connectivity index (χ3n) is 2.58. The van der Waals surface area contributed by atoms with Crippen molar-refractivity contribution in [3.8, 4) is 17.0 Å². The summed E-state index contributed by atoms with van der Waals surface area (Å²) in [5.74, 6) is 1.47. The highest BCUT2D eigenvalue weighted by molar-refractivity contribution is 5.58. The predicted octanol–water partition coefficient (Wildman–Crippen LogP) is 2.84. The molecular formula is C13H11N3O. The summed E-state index contributed by atoms with van der Waals surface area (Å²) in [6, 6.07) is 8.06. The molecule has 0 spiro atoms. The number of benzene rings is 1. The van der Waals surface area contributed by atoms with E-state index in [1.807, 2.05) is 42.0 Å². The Morgan fingerprint density at radius 3 is 2.59 bits per heavy atom. The second-order valence-corrected chi connectivity index (χ2v) is 3.76. The zero-order valence-electron chi connectivity index (χ0n) is 9.37. The number of imidazole rings is 1. The Morgan fingerprint density at radius 2 is 2.00 bits per heavy atom. The first kappa shape index (κ1) is 9.84. The summed E-state index contributed by atoms with van der Waals surface area (Å²) in [6.45, 7) is 1.84. The van der Waals surface area contributed by atoms with Gasteiger partial charge in [0.1, 0.15) is 0 Å². The summed E-state index contributed by atoms with van der Waals surface area (Å²) < 4.78 is 7.42. The molecule has 4 nitrogen and oxygen atoms in total. The van der Waals surface area contributed by atoms with E-state index in [0.717, 1.165) is 17.0 Å². The molecule has 0 saturated carbocycles. The largest absolute Gasteiger partial charge is 0.441 e. The molecule has 1 aromatic carbocycles. The average molecular weight is 225 g/mol. The lowest BCUT2D eigenvalue weighted by atomic mass is 10.2. The summed E-state index contributed by atoms with van der Waals surface area (Å²) in [5.41, 5.74) is 2.09. The highest BCUT2D eigenvalue weighted by atomic mass is 16.4. The minimum Gasteiger partial charge on any atom is -0.441 e. The second kappa shape index (κ2) is 3.90. The summed E-state index contributed by atoms with van der Waals surface area (Å²) in [7, 11) is 0. The van der Waals surface area contributed by atoms with Crippen LogP contribution in [0.25, 0.3) is 17.0 Å². The highest BCUT2D eigenvalue weighted by Crippen LogP contribution is 2.21. The summed E-state index contributed by atoms with van der Waals surface area (Å²) in [4.78, 5) is 8.10. The molecule has 17 heavy (non-hydrogen) atoms. The van der Waals surface area contributed by atoms with E-state index in [1.165, 1.54) is 0 Å². The van der Waals surface area contributed by atoms with Crippen LogP contribution in [0.15, 0.2) is 53.6 Å². The molecule has 3 aromatic rings. The van der Waals surface area contributed by atoms with E-state index in [4.69, 9.17) is 4.42 Å². The maximum Gasteiger partial charge on any atom is 0.191 e. The Morgan fingerprint density at radius 1 is 1.18 bits per heavy atom. The van der Waals surface area contributed by atoms with Gasteiger partial charge in [-0.05, 0) is 24.3 Å². The van der Waals surface area contributed by atoms with Gasteiger partial charge in [-0.25, -0.2) is 9.97 Å². The first-order valence-electron chi connectivity index (χ1n) is 5.34. The van der Waals surface area contributed by atoms with Gasteiger partial charge in [0.05, 0.1) is 12.5 Å². The predicted molar refractivity (Wildman–Crippen MR) is 63.8 cm³/mol. The fourth-order valence-corrected chi connectivity index (χ4v) is 1.70. The zero-order chi connectivity index (χ0) is 11.7. The van der Waals surface area contributed by atoms with Gasteiger partial charge >= 0.3 is 0 Å². The first-order valence-corrected chi connectivity index (χ1v) is 5.34. The molecule has 0 saturated heterocycles.